The van der Waals surface area contributed by atoms with Crippen LogP contribution in [0.1, 0.15) is 31.9 Å². The molecule has 1 aromatic rings. The van der Waals surface area contributed by atoms with Gasteiger partial charge in [0.1, 0.15) is 5.78 Å². The summed E-state index contributed by atoms with van der Waals surface area (Å²) in [5.74, 6) is -0.619. The topological polar surface area (TPSA) is 80.4 Å². The summed E-state index contributed by atoms with van der Waals surface area (Å²) in [6.07, 6.45) is -0.657. The van der Waals surface area contributed by atoms with E-state index in [1.807, 2.05) is 0 Å². The molecule has 0 fully saturated rings. The Kier molecular flexibility index (Phi) is 4.34. The summed E-state index contributed by atoms with van der Waals surface area (Å²) in [4.78, 5) is 21.5. The number of ketones is 1. The van der Waals surface area contributed by atoms with Crippen molar-refractivity contribution in [1.82, 2.24) is 0 Å². The molecular formula is C12H15NO4. The largest absolute Gasteiger partial charge is 0.388 e. The first kappa shape index (κ1) is 13.3. The van der Waals surface area contributed by atoms with Gasteiger partial charge in [0.25, 0.3) is 5.69 Å². The normalized spacial score (nSPS) is 14.1. The smallest absolute Gasteiger partial charge is 0.269 e. The zero-order valence-corrected chi connectivity index (χ0v) is 9.79. The molecule has 0 bridgehead atoms. The molecule has 1 rings (SSSR count). The van der Waals surface area contributed by atoms with Crippen molar-refractivity contribution in [3.05, 3.63) is 39.9 Å². The molecule has 1 N–H and O–H groups in total. The molecule has 17 heavy (non-hydrogen) atoms. The molecule has 0 aliphatic rings. The average molecular weight is 237 g/mol. The van der Waals surface area contributed by atoms with Crippen LogP contribution in [0.5, 0.6) is 0 Å². The Bertz CT molecular complexity index is 430. The summed E-state index contributed by atoms with van der Waals surface area (Å²) in [5.41, 5.74) is 0.311. The minimum atomic E-state index is -0.998. The fraction of sp³-hybridized carbons (Fsp3) is 0.417. The van der Waals surface area contributed by atoms with Crippen LogP contribution in [0, 0.1) is 16.0 Å². The van der Waals surface area contributed by atoms with Gasteiger partial charge in [0.05, 0.1) is 11.0 Å². The van der Waals surface area contributed by atoms with Gasteiger partial charge >= 0.3 is 0 Å². The summed E-state index contributed by atoms with van der Waals surface area (Å²) in [7, 11) is 0. The first-order valence-corrected chi connectivity index (χ1v) is 5.42. The summed E-state index contributed by atoms with van der Waals surface area (Å²) in [6.45, 7) is 3.34. The molecule has 1 aromatic carbocycles. The number of aliphatic hydroxyl groups excluding tert-OH is 1. The monoisotopic (exact) mass is 237 g/mol. The van der Waals surface area contributed by atoms with Crippen molar-refractivity contribution in [2.75, 3.05) is 0 Å². The van der Waals surface area contributed by atoms with Crippen LogP contribution in [0.4, 0.5) is 5.69 Å². The van der Waals surface area contributed by atoms with Gasteiger partial charge in [0.2, 0.25) is 0 Å². The van der Waals surface area contributed by atoms with Gasteiger partial charge in [-0.2, -0.15) is 0 Å². The maximum atomic E-state index is 11.5. The van der Waals surface area contributed by atoms with Crippen molar-refractivity contribution in [2.24, 2.45) is 5.92 Å². The third kappa shape index (κ3) is 3.10. The lowest BCUT2D eigenvalue weighted by Gasteiger charge is -2.17. The quantitative estimate of drug-likeness (QED) is 0.629. The Balaban J connectivity index is 2.96. The van der Waals surface area contributed by atoms with Crippen molar-refractivity contribution in [1.29, 1.82) is 0 Å². The second-order valence-electron chi connectivity index (χ2n) is 3.91. The van der Waals surface area contributed by atoms with Gasteiger partial charge in [-0.05, 0) is 5.56 Å². The Morgan fingerprint density at radius 2 is 2.18 bits per heavy atom. The van der Waals surface area contributed by atoms with Crippen molar-refractivity contribution in [3.63, 3.8) is 0 Å². The molecule has 5 nitrogen and oxygen atoms in total. The van der Waals surface area contributed by atoms with Crippen LogP contribution in [0.15, 0.2) is 24.3 Å². The number of rotatable bonds is 5. The predicted octanol–water partition coefficient (Wildman–Crippen LogP) is 2.24. The number of carbonyl (C=O) groups is 1. The third-order valence-electron chi connectivity index (χ3n) is 2.75. The van der Waals surface area contributed by atoms with Crippen molar-refractivity contribution in [2.45, 2.75) is 26.4 Å². The molecule has 0 saturated carbocycles. The molecular weight excluding hydrogens is 222 g/mol. The molecule has 0 aliphatic carbocycles. The second-order valence-corrected chi connectivity index (χ2v) is 3.91. The molecule has 0 amide bonds. The van der Waals surface area contributed by atoms with Crippen LogP contribution in [-0.4, -0.2) is 15.8 Å². The minimum absolute atomic E-state index is 0.0657. The highest BCUT2D eigenvalue weighted by Gasteiger charge is 2.23. The highest BCUT2D eigenvalue weighted by atomic mass is 16.6. The molecule has 0 spiro atoms. The van der Waals surface area contributed by atoms with Gasteiger partial charge in [-0.1, -0.05) is 26.0 Å². The number of Topliss-reactive ketones (excluding diaryl/α,β-unsaturated/α-hetero) is 1. The number of benzene rings is 1. The molecule has 92 valence electrons. The van der Waals surface area contributed by atoms with E-state index in [1.165, 1.54) is 18.2 Å². The molecule has 0 aliphatic heterocycles. The number of non-ortho nitro benzene ring substituents is 1. The van der Waals surface area contributed by atoms with E-state index < -0.39 is 16.9 Å². The number of nitrogens with zero attached hydrogens (tertiary/aromatic N) is 1. The van der Waals surface area contributed by atoms with Gasteiger partial charge in [-0.15, -0.1) is 0 Å². The number of nitro benzene ring substituents is 1. The van der Waals surface area contributed by atoms with Gasteiger partial charge in [0, 0.05) is 24.5 Å². The van der Waals surface area contributed by atoms with Crippen LogP contribution < -0.4 is 0 Å². The van der Waals surface area contributed by atoms with E-state index in [0.717, 1.165) is 0 Å². The molecule has 0 unspecified atom stereocenters. The summed E-state index contributed by atoms with van der Waals surface area (Å²) in [5, 5.41) is 20.5. The maximum Gasteiger partial charge on any atom is 0.269 e. The highest BCUT2D eigenvalue weighted by Crippen LogP contribution is 2.26. The fourth-order valence-electron chi connectivity index (χ4n) is 1.61. The van der Waals surface area contributed by atoms with E-state index in [4.69, 9.17) is 0 Å². The van der Waals surface area contributed by atoms with Crippen molar-refractivity contribution >= 4 is 11.5 Å². The third-order valence-corrected chi connectivity index (χ3v) is 2.75. The SMILES string of the molecule is CCC(=O)[C@H](C)[C@@H](O)c1cccc([N+](=O)[O-])c1. The van der Waals surface area contributed by atoms with Crippen LogP contribution in [0.25, 0.3) is 0 Å². The Morgan fingerprint density at radius 1 is 1.53 bits per heavy atom. The molecule has 0 saturated heterocycles. The summed E-state index contributed by atoms with van der Waals surface area (Å²) >= 11 is 0. The van der Waals surface area contributed by atoms with E-state index in [0.29, 0.717) is 12.0 Å². The Hall–Kier alpha value is -1.75. The van der Waals surface area contributed by atoms with Crippen LogP contribution in [0.2, 0.25) is 0 Å². The summed E-state index contributed by atoms with van der Waals surface area (Å²) in [6, 6.07) is 5.73. The minimum Gasteiger partial charge on any atom is -0.388 e. The molecule has 0 aromatic heterocycles. The van der Waals surface area contributed by atoms with E-state index in [9.17, 15) is 20.0 Å². The van der Waals surface area contributed by atoms with Gasteiger partial charge in [-0.3, -0.25) is 14.9 Å². The number of hydrogen-bond acceptors (Lipinski definition) is 4. The number of aliphatic hydroxyl groups is 1. The van der Waals surface area contributed by atoms with Gasteiger partial charge in [0.15, 0.2) is 0 Å². The lowest BCUT2D eigenvalue weighted by molar-refractivity contribution is -0.385. The molecule has 5 heteroatoms. The molecule has 0 radical (unpaired) electrons. The summed E-state index contributed by atoms with van der Waals surface area (Å²) < 4.78 is 0. The first-order chi connectivity index (χ1) is 7.97. The Morgan fingerprint density at radius 3 is 2.71 bits per heavy atom. The average Bonchev–Trinajstić information content (AvgIpc) is 2.36. The highest BCUT2D eigenvalue weighted by molar-refractivity contribution is 5.81. The zero-order chi connectivity index (χ0) is 13.0. The Labute approximate surface area is 99.2 Å². The van der Waals surface area contributed by atoms with Crippen molar-refractivity contribution < 1.29 is 14.8 Å². The predicted molar refractivity (Wildman–Crippen MR) is 62.5 cm³/mol. The van der Waals surface area contributed by atoms with Gasteiger partial charge < -0.3 is 5.11 Å². The second kappa shape index (κ2) is 5.54. The first-order valence-electron chi connectivity index (χ1n) is 5.42. The van der Waals surface area contributed by atoms with Crippen LogP contribution in [-0.2, 0) is 4.79 Å². The van der Waals surface area contributed by atoms with Crippen LogP contribution in [0.3, 0.4) is 0 Å². The fourth-order valence-corrected chi connectivity index (χ4v) is 1.61. The molecule has 2 atom stereocenters. The number of hydrogen-bond donors (Lipinski definition) is 1. The van der Waals surface area contributed by atoms with E-state index in [2.05, 4.69) is 0 Å². The lowest BCUT2D eigenvalue weighted by atomic mass is 9.92. The zero-order valence-electron chi connectivity index (χ0n) is 9.79. The van der Waals surface area contributed by atoms with Gasteiger partial charge in [-0.25, -0.2) is 0 Å². The van der Waals surface area contributed by atoms with E-state index in [-0.39, 0.29) is 11.5 Å². The van der Waals surface area contributed by atoms with E-state index in [1.54, 1.807) is 19.9 Å². The number of nitro groups is 1. The maximum absolute atomic E-state index is 11.5. The number of carbonyl (C=O) groups excluding carboxylic acids is 1. The lowest BCUT2D eigenvalue weighted by Crippen LogP contribution is -2.18. The standard InChI is InChI=1S/C12H15NO4/c1-3-11(14)8(2)12(15)9-5-4-6-10(7-9)13(16)17/h4-8,12,15H,3H2,1-2H3/t8-,12+/m0/s1. The molecule has 0 heterocycles. The van der Waals surface area contributed by atoms with E-state index >= 15 is 0 Å². The van der Waals surface area contributed by atoms with Crippen LogP contribution >= 0.6 is 0 Å². The van der Waals surface area contributed by atoms with Crippen molar-refractivity contribution in [3.8, 4) is 0 Å².